The van der Waals surface area contributed by atoms with Crippen LogP contribution in [0, 0.1) is 0 Å². The minimum atomic E-state index is -0.233. The molecular formula is C20H20N2O3. The summed E-state index contributed by atoms with van der Waals surface area (Å²) in [5, 5.41) is 2.83. The first-order valence-electron chi connectivity index (χ1n) is 8.42. The molecule has 1 N–H and O–H groups in total. The highest BCUT2D eigenvalue weighted by atomic mass is 16.2. The number of nitrogens with one attached hydrogen (secondary N) is 1. The van der Waals surface area contributed by atoms with Crippen molar-refractivity contribution in [1.29, 1.82) is 0 Å². The molecule has 1 heterocycles. The van der Waals surface area contributed by atoms with Crippen molar-refractivity contribution in [2.45, 2.75) is 25.7 Å². The number of amides is 2. The molecule has 0 unspecified atom stereocenters. The molecule has 1 saturated heterocycles. The fraction of sp³-hybridized carbons (Fsp3) is 0.250. The van der Waals surface area contributed by atoms with Crippen molar-refractivity contribution in [3.05, 3.63) is 60.2 Å². The number of para-hydroxylation sites is 2. The molecule has 1 fully saturated rings. The van der Waals surface area contributed by atoms with E-state index in [0.717, 1.165) is 6.42 Å². The number of hydrogen-bond acceptors (Lipinski definition) is 3. The van der Waals surface area contributed by atoms with Crippen LogP contribution in [0.1, 0.15) is 36.0 Å². The van der Waals surface area contributed by atoms with Gasteiger partial charge in [-0.2, -0.15) is 0 Å². The summed E-state index contributed by atoms with van der Waals surface area (Å²) in [5.41, 5.74) is 1.93. The van der Waals surface area contributed by atoms with Crippen molar-refractivity contribution in [3.8, 4) is 0 Å². The van der Waals surface area contributed by atoms with Crippen molar-refractivity contribution in [3.63, 3.8) is 0 Å². The molecule has 1 aliphatic rings. The van der Waals surface area contributed by atoms with Gasteiger partial charge in [-0.15, -0.1) is 0 Å². The molecule has 5 nitrogen and oxygen atoms in total. The van der Waals surface area contributed by atoms with E-state index < -0.39 is 0 Å². The number of hydrogen-bond donors (Lipinski definition) is 1. The largest absolute Gasteiger partial charge is 0.324 e. The standard InChI is InChI=1S/C20H20N2O3/c23-18(15-7-2-1-3-8-15)12-13-19(24)21-16-9-4-5-10-17(16)22-14-6-11-20(22)25/h1-5,7-10H,6,11-14H2,(H,21,24). The van der Waals surface area contributed by atoms with Gasteiger partial charge in [0.1, 0.15) is 0 Å². The number of nitrogens with zero attached hydrogens (tertiary/aromatic N) is 1. The Morgan fingerprint density at radius 2 is 1.68 bits per heavy atom. The molecule has 1 aliphatic heterocycles. The van der Waals surface area contributed by atoms with Crippen LogP contribution >= 0.6 is 0 Å². The molecule has 0 atom stereocenters. The number of anilines is 2. The zero-order chi connectivity index (χ0) is 17.6. The Labute approximate surface area is 146 Å². The highest BCUT2D eigenvalue weighted by molar-refractivity contribution is 6.03. The number of benzene rings is 2. The van der Waals surface area contributed by atoms with Gasteiger partial charge in [-0.05, 0) is 18.6 Å². The molecule has 0 aliphatic carbocycles. The Kier molecular flexibility index (Phi) is 5.23. The fourth-order valence-electron chi connectivity index (χ4n) is 2.93. The van der Waals surface area contributed by atoms with Crippen LogP contribution in [0.25, 0.3) is 0 Å². The van der Waals surface area contributed by atoms with Crippen LogP contribution in [0.15, 0.2) is 54.6 Å². The summed E-state index contributed by atoms with van der Waals surface area (Å²) in [6.07, 6.45) is 1.62. The van der Waals surface area contributed by atoms with E-state index in [1.165, 1.54) is 0 Å². The van der Waals surface area contributed by atoms with Crippen LogP contribution < -0.4 is 10.2 Å². The number of rotatable bonds is 6. The Morgan fingerprint density at radius 3 is 2.40 bits per heavy atom. The molecule has 2 aromatic rings. The zero-order valence-electron chi connectivity index (χ0n) is 13.9. The molecule has 3 rings (SSSR count). The average Bonchev–Trinajstić information content (AvgIpc) is 3.07. The first-order valence-corrected chi connectivity index (χ1v) is 8.42. The van der Waals surface area contributed by atoms with E-state index in [2.05, 4.69) is 5.32 Å². The highest BCUT2D eigenvalue weighted by Crippen LogP contribution is 2.29. The summed E-state index contributed by atoms with van der Waals surface area (Å²) in [7, 11) is 0. The predicted octanol–water partition coefficient (Wildman–Crippen LogP) is 3.42. The number of ketones is 1. The van der Waals surface area contributed by atoms with Gasteiger partial charge in [0.2, 0.25) is 11.8 Å². The van der Waals surface area contributed by atoms with E-state index in [9.17, 15) is 14.4 Å². The number of Topliss-reactive ketones (excluding diaryl/α,β-unsaturated/α-hetero) is 1. The van der Waals surface area contributed by atoms with Crippen LogP contribution in [-0.2, 0) is 9.59 Å². The van der Waals surface area contributed by atoms with E-state index in [0.29, 0.717) is 29.9 Å². The maximum atomic E-state index is 12.2. The molecule has 5 heteroatoms. The third-order valence-corrected chi connectivity index (χ3v) is 4.22. The predicted molar refractivity (Wildman–Crippen MR) is 96.7 cm³/mol. The van der Waals surface area contributed by atoms with Crippen LogP contribution in [0.4, 0.5) is 11.4 Å². The van der Waals surface area contributed by atoms with Gasteiger partial charge < -0.3 is 10.2 Å². The van der Waals surface area contributed by atoms with Gasteiger partial charge in [0, 0.05) is 31.4 Å². The molecule has 2 amide bonds. The van der Waals surface area contributed by atoms with Gasteiger partial charge in [0.25, 0.3) is 0 Å². The SMILES string of the molecule is O=C(CCC(=O)c1ccccc1)Nc1ccccc1N1CCCC1=O. The first kappa shape index (κ1) is 16.9. The van der Waals surface area contributed by atoms with Gasteiger partial charge in [0.05, 0.1) is 11.4 Å². The van der Waals surface area contributed by atoms with Crippen molar-refractivity contribution >= 4 is 29.0 Å². The normalized spacial score (nSPS) is 13.8. The summed E-state index contributed by atoms with van der Waals surface area (Å²) in [6, 6.07) is 16.2. The van der Waals surface area contributed by atoms with Gasteiger partial charge >= 0.3 is 0 Å². The van der Waals surface area contributed by atoms with Crippen molar-refractivity contribution in [2.24, 2.45) is 0 Å². The average molecular weight is 336 g/mol. The lowest BCUT2D eigenvalue weighted by molar-refractivity contribution is -0.117. The number of carbonyl (C=O) groups excluding carboxylic acids is 3. The second-order valence-corrected chi connectivity index (χ2v) is 6.00. The summed E-state index contributed by atoms with van der Waals surface area (Å²) in [5.74, 6) is -0.219. The smallest absolute Gasteiger partial charge is 0.227 e. The lowest BCUT2D eigenvalue weighted by Gasteiger charge is -2.19. The maximum absolute atomic E-state index is 12.2. The molecule has 0 aromatic heterocycles. The molecule has 0 bridgehead atoms. The third kappa shape index (κ3) is 4.12. The molecule has 0 spiro atoms. The molecule has 0 saturated carbocycles. The minimum Gasteiger partial charge on any atom is -0.324 e. The van der Waals surface area contributed by atoms with Crippen LogP contribution in [0.3, 0.4) is 0 Å². The van der Waals surface area contributed by atoms with Gasteiger partial charge in [-0.1, -0.05) is 42.5 Å². The Balaban J connectivity index is 1.62. The van der Waals surface area contributed by atoms with E-state index in [1.54, 1.807) is 35.2 Å². The van der Waals surface area contributed by atoms with E-state index in [1.807, 2.05) is 24.3 Å². The third-order valence-electron chi connectivity index (χ3n) is 4.22. The Hall–Kier alpha value is -2.95. The van der Waals surface area contributed by atoms with Gasteiger partial charge in [-0.3, -0.25) is 14.4 Å². The summed E-state index contributed by atoms with van der Waals surface area (Å²) >= 11 is 0. The fourth-order valence-corrected chi connectivity index (χ4v) is 2.93. The molecule has 25 heavy (non-hydrogen) atoms. The second kappa shape index (κ2) is 7.75. The first-order chi connectivity index (χ1) is 12.1. The quantitative estimate of drug-likeness (QED) is 0.822. The second-order valence-electron chi connectivity index (χ2n) is 6.00. The Bertz CT molecular complexity index is 787. The summed E-state index contributed by atoms with van der Waals surface area (Å²) in [4.78, 5) is 38.0. The van der Waals surface area contributed by atoms with Crippen LogP contribution in [0.2, 0.25) is 0 Å². The monoisotopic (exact) mass is 336 g/mol. The lowest BCUT2D eigenvalue weighted by Crippen LogP contribution is -2.25. The van der Waals surface area contributed by atoms with Crippen LogP contribution in [0.5, 0.6) is 0 Å². The van der Waals surface area contributed by atoms with Gasteiger partial charge in [-0.25, -0.2) is 0 Å². The van der Waals surface area contributed by atoms with Crippen molar-refractivity contribution in [2.75, 3.05) is 16.8 Å². The van der Waals surface area contributed by atoms with E-state index in [-0.39, 0.29) is 30.4 Å². The summed E-state index contributed by atoms with van der Waals surface area (Å²) < 4.78 is 0. The van der Waals surface area contributed by atoms with Crippen LogP contribution in [-0.4, -0.2) is 24.1 Å². The Morgan fingerprint density at radius 1 is 0.960 bits per heavy atom. The molecule has 2 aromatic carbocycles. The lowest BCUT2D eigenvalue weighted by atomic mass is 10.1. The zero-order valence-corrected chi connectivity index (χ0v) is 13.9. The highest BCUT2D eigenvalue weighted by Gasteiger charge is 2.24. The number of carbonyl (C=O) groups is 3. The maximum Gasteiger partial charge on any atom is 0.227 e. The van der Waals surface area contributed by atoms with E-state index >= 15 is 0 Å². The minimum absolute atomic E-state index is 0.0567. The molecule has 128 valence electrons. The van der Waals surface area contributed by atoms with Gasteiger partial charge in [0.15, 0.2) is 5.78 Å². The summed E-state index contributed by atoms with van der Waals surface area (Å²) in [6.45, 7) is 0.665. The van der Waals surface area contributed by atoms with E-state index in [4.69, 9.17) is 0 Å². The van der Waals surface area contributed by atoms with Crippen molar-refractivity contribution < 1.29 is 14.4 Å². The topological polar surface area (TPSA) is 66.5 Å². The molecule has 0 radical (unpaired) electrons. The van der Waals surface area contributed by atoms with Crippen molar-refractivity contribution in [1.82, 2.24) is 0 Å². The molecular weight excluding hydrogens is 316 g/mol.